The Morgan fingerprint density at radius 1 is 1.08 bits per heavy atom. The second kappa shape index (κ2) is 3.75. The summed E-state index contributed by atoms with van der Waals surface area (Å²) in [6.45, 7) is 8.88. The molecule has 2 aliphatic rings. The molecule has 0 spiro atoms. The number of piperidine rings is 1. The van der Waals surface area contributed by atoms with Crippen molar-refractivity contribution in [1.82, 2.24) is 9.80 Å². The van der Waals surface area contributed by atoms with E-state index in [-0.39, 0.29) is 0 Å². The van der Waals surface area contributed by atoms with Crippen molar-refractivity contribution in [3.63, 3.8) is 0 Å². The van der Waals surface area contributed by atoms with Crippen LogP contribution in [0, 0.1) is 0 Å². The first-order valence-corrected chi connectivity index (χ1v) is 5.36. The molecule has 0 unspecified atom stereocenters. The average Bonchev–Trinajstić information content (AvgIpc) is 2.04. The fourth-order valence-corrected chi connectivity index (χ4v) is 2.32. The summed E-state index contributed by atoms with van der Waals surface area (Å²) in [6.07, 6.45) is 4.33. The molecule has 0 aromatic rings. The zero-order valence-electron chi connectivity index (χ0n) is 8.13. The van der Waals surface area contributed by atoms with E-state index in [4.69, 9.17) is 0 Å². The van der Waals surface area contributed by atoms with Crippen LogP contribution in [0.4, 0.5) is 0 Å². The Labute approximate surface area is 75.5 Å². The van der Waals surface area contributed by atoms with Crippen molar-refractivity contribution >= 4 is 0 Å². The lowest BCUT2D eigenvalue weighted by atomic mass is 10.0. The van der Waals surface area contributed by atoms with E-state index < -0.39 is 0 Å². The van der Waals surface area contributed by atoms with E-state index in [0.29, 0.717) is 0 Å². The van der Waals surface area contributed by atoms with Gasteiger partial charge in [-0.2, -0.15) is 0 Å². The van der Waals surface area contributed by atoms with Gasteiger partial charge in [0.15, 0.2) is 0 Å². The van der Waals surface area contributed by atoms with Gasteiger partial charge < -0.3 is 4.90 Å². The molecule has 2 heteroatoms. The molecule has 2 heterocycles. The quantitative estimate of drug-likeness (QED) is 0.611. The maximum atomic E-state index is 2.69. The van der Waals surface area contributed by atoms with Gasteiger partial charge in [0.05, 0.1) is 0 Å². The highest BCUT2D eigenvalue weighted by molar-refractivity contribution is 4.88. The van der Waals surface area contributed by atoms with Crippen LogP contribution >= 0.6 is 0 Å². The Morgan fingerprint density at radius 2 is 1.75 bits per heavy atom. The van der Waals surface area contributed by atoms with Crippen LogP contribution < -0.4 is 0 Å². The summed E-state index contributed by atoms with van der Waals surface area (Å²) in [7, 11) is 0. The molecule has 2 saturated heterocycles. The maximum absolute atomic E-state index is 2.69. The second-order valence-corrected chi connectivity index (χ2v) is 4.10. The zero-order valence-corrected chi connectivity index (χ0v) is 8.13. The number of rotatable bonds is 2. The first kappa shape index (κ1) is 8.52. The van der Waals surface area contributed by atoms with Crippen molar-refractivity contribution in [2.45, 2.75) is 32.2 Å². The van der Waals surface area contributed by atoms with Gasteiger partial charge in [0.2, 0.25) is 0 Å². The topological polar surface area (TPSA) is 6.48 Å². The first-order valence-electron chi connectivity index (χ1n) is 5.36. The summed E-state index contributed by atoms with van der Waals surface area (Å²) in [5, 5.41) is 0. The summed E-state index contributed by atoms with van der Waals surface area (Å²) in [6, 6.07) is 0.908. The van der Waals surface area contributed by atoms with Crippen molar-refractivity contribution in [2.75, 3.05) is 32.7 Å². The molecule has 0 bridgehead atoms. The minimum absolute atomic E-state index is 0.908. The van der Waals surface area contributed by atoms with Gasteiger partial charge in [0.25, 0.3) is 0 Å². The Morgan fingerprint density at radius 3 is 2.33 bits per heavy atom. The van der Waals surface area contributed by atoms with E-state index in [1.165, 1.54) is 52.0 Å². The first-order chi connectivity index (χ1) is 5.90. The van der Waals surface area contributed by atoms with E-state index >= 15 is 0 Å². The highest BCUT2D eigenvalue weighted by Crippen LogP contribution is 2.18. The summed E-state index contributed by atoms with van der Waals surface area (Å²) in [4.78, 5) is 5.22. The number of nitrogens with zero attached hydrogens (tertiary/aromatic N) is 2. The van der Waals surface area contributed by atoms with Crippen molar-refractivity contribution in [2.24, 2.45) is 0 Å². The van der Waals surface area contributed by atoms with Crippen LogP contribution in [-0.4, -0.2) is 48.6 Å². The summed E-state index contributed by atoms with van der Waals surface area (Å²) in [5.41, 5.74) is 0. The molecular formula is C10H20N2. The standard InChI is InChI=1S/C10H20N2/c1-2-11-8-10(9-11)12-6-4-3-5-7-12/h10H,2-9H2,1H3. The highest BCUT2D eigenvalue weighted by atomic mass is 15.3. The normalized spacial score (nSPS) is 28.8. The molecule has 0 atom stereocenters. The Hall–Kier alpha value is -0.0800. The molecule has 0 saturated carbocycles. The Balaban J connectivity index is 1.72. The van der Waals surface area contributed by atoms with Crippen molar-refractivity contribution in [3.05, 3.63) is 0 Å². The minimum Gasteiger partial charge on any atom is -0.300 e. The molecule has 2 fully saturated rings. The fourth-order valence-electron chi connectivity index (χ4n) is 2.32. The van der Waals surface area contributed by atoms with Crippen LogP contribution in [0.5, 0.6) is 0 Å². The molecule has 0 amide bonds. The zero-order chi connectivity index (χ0) is 8.39. The van der Waals surface area contributed by atoms with Gasteiger partial charge in [-0.1, -0.05) is 13.3 Å². The summed E-state index contributed by atoms with van der Waals surface area (Å²) >= 11 is 0. The van der Waals surface area contributed by atoms with Crippen molar-refractivity contribution in [3.8, 4) is 0 Å². The van der Waals surface area contributed by atoms with Crippen LogP contribution in [0.25, 0.3) is 0 Å². The minimum atomic E-state index is 0.908. The molecule has 0 aliphatic carbocycles. The van der Waals surface area contributed by atoms with Crippen LogP contribution in [0.15, 0.2) is 0 Å². The molecule has 2 nitrogen and oxygen atoms in total. The number of likely N-dealkylation sites (tertiary alicyclic amines) is 2. The van der Waals surface area contributed by atoms with E-state index in [1.807, 2.05) is 0 Å². The van der Waals surface area contributed by atoms with Gasteiger partial charge >= 0.3 is 0 Å². The molecule has 0 aromatic heterocycles. The lowest BCUT2D eigenvalue weighted by Crippen LogP contribution is -2.59. The van der Waals surface area contributed by atoms with Gasteiger partial charge in [-0.3, -0.25) is 4.90 Å². The second-order valence-electron chi connectivity index (χ2n) is 4.10. The van der Waals surface area contributed by atoms with Gasteiger partial charge in [-0.05, 0) is 32.5 Å². The molecule has 70 valence electrons. The molecule has 0 N–H and O–H groups in total. The van der Waals surface area contributed by atoms with Crippen LogP contribution in [-0.2, 0) is 0 Å². The summed E-state index contributed by atoms with van der Waals surface area (Å²) < 4.78 is 0. The molecule has 0 aromatic carbocycles. The van der Waals surface area contributed by atoms with E-state index in [2.05, 4.69) is 16.7 Å². The largest absolute Gasteiger partial charge is 0.300 e. The fraction of sp³-hybridized carbons (Fsp3) is 1.00. The van der Waals surface area contributed by atoms with Crippen molar-refractivity contribution < 1.29 is 0 Å². The molecule has 12 heavy (non-hydrogen) atoms. The van der Waals surface area contributed by atoms with Gasteiger partial charge in [-0.15, -0.1) is 0 Å². The average molecular weight is 168 g/mol. The Bertz CT molecular complexity index is 135. The van der Waals surface area contributed by atoms with Crippen LogP contribution in [0.3, 0.4) is 0 Å². The van der Waals surface area contributed by atoms with E-state index in [0.717, 1.165) is 6.04 Å². The molecule has 2 aliphatic heterocycles. The highest BCUT2D eigenvalue weighted by Gasteiger charge is 2.30. The lowest BCUT2D eigenvalue weighted by molar-refractivity contribution is 0.0269. The van der Waals surface area contributed by atoms with Crippen LogP contribution in [0.2, 0.25) is 0 Å². The van der Waals surface area contributed by atoms with Crippen molar-refractivity contribution in [1.29, 1.82) is 0 Å². The molecule has 0 radical (unpaired) electrons. The molecule has 2 rings (SSSR count). The monoisotopic (exact) mass is 168 g/mol. The van der Waals surface area contributed by atoms with Gasteiger partial charge in [-0.25, -0.2) is 0 Å². The Kier molecular flexibility index (Phi) is 2.66. The molecular weight excluding hydrogens is 148 g/mol. The number of hydrogen-bond donors (Lipinski definition) is 0. The van der Waals surface area contributed by atoms with E-state index in [1.54, 1.807) is 0 Å². The third-order valence-corrected chi connectivity index (χ3v) is 3.29. The maximum Gasteiger partial charge on any atom is 0.0350 e. The third-order valence-electron chi connectivity index (χ3n) is 3.29. The predicted octanol–water partition coefficient (Wildman–Crippen LogP) is 1.18. The van der Waals surface area contributed by atoms with E-state index in [9.17, 15) is 0 Å². The summed E-state index contributed by atoms with van der Waals surface area (Å²) in [5.74, 6) is 0. The predicted molar refractivity (Wildman–Crippen MR) is 51.3 cm³/mol. The lowest BCUT2D eigenvalue weighted by Gasteiger charge is -2.46. The van der Waals surface area contributed by atoms with Gasteiger partial charge in [0, 0.05) is 19.1 Å². The van der Waals surface area contributed by atoms with Crippen LogP contribution in [0.1, 0.15) is 26.2 Å². The smallest absolute Gasteiger partial charge is 0.0350 e. The van der Waals surface area contributed by atoms with Gasteiger partial charge in [0.1, 0.15) is 0 Å². The number of hydrogen-bond acceptors (Lipinski definition) is 2. The third kappa shape index (κ3) is 1.64. The number of likely N-dealkylation sites (N-methyl/N-ethyl adjacent to an activating group) is 1. The SMILES string of the molecule is CCN1CC(N2CCCCC2)C1.